The molecule has 8 aromatic rings. The van der Waals surface area contributed by atoms with Gasteiger partial charge in [-0.15, -0.1) is 0 Å². The standard InChI is InChI=1S/C21H20N2O.C18H22BNO3.C12H10BrNO.C9H10BrN/c22-21-18-8-4-7-16(18)9-10-19(21)17-11-12-23-20(13-17)24-14-15-5-2-1-3-6-15;1-17(2)18(3,4)23-19(22-17)15-10-11-20-16(12-15)21-13-14-8-6-5-7-9-14;13-11-6-7-14-12(8-11)15-9-10-4-2-1-3-5-10;10-8-5-4-6-2-1-3-7(6)9(8)11/h1-3,5-6,9-13H,4,7-8,14,22H2;5-12H,13H2,1-4H3;1-8H,9H2;4-5H,1-3,11H2. The van der Waals surface area contributed by atoms with E-state index in [1.165, 1.54) is 41.5 Å². The lowest BCUT2D eigenvalue weighted by molar-refractivity contribution is 0.00578. The molecule has 0 radical (unpaired) electrons. The number of nitrogens with two attached hydrogens (primary N) is 2. The van der Waals surface area contributed by atoms with Gasteiger partial charge >= 0.3 is 7.12 Å². The Morgan fingerprint density at radius 1 is 0.507 bits per heavy atom. The summed E-state index contributed by atoms with van der Waals surface area (Å²) in [6.07, 6.45) is 12.3. The molecule has 1 aliphatic heterocycles. The smallest absolute Gasteiger partial charge is 0.473 e. The van der Waals surface area contributed by atoms with E-state index in [4.69, 9.17) is 35.0 Å². The number of nitrogens with zero attached hydrogens (tertiary/aromatic N) is 3. The molecule has 374 valence electrons. The van der Waals surface area contributed by atoms with Crippen molar-refractivity contribution in [3.63, 3.8) is 0 Å². The van der Waals surface area contributed by atoms with Gasteiger partial charge in [0, 0.05) is 62.7 Å². The second-order valence-electron chi connectivity index (χ2n) is 19.0. The maximum absolute atomic E-state index is 6.42. The summed E-state index contributed by atoms with van der Waals surface area (Å²) in [5.74, 6) is 1.82. The molecule has 5 aromatic carbocycles. The third-order valence-corrected chi connectivity index (χ3v) is 14.5. The highest BCUT2D eigenvalue weighted by Crippen LogP contribution is 2.38. The molecular weight excluding hydrogens is 1040 g/mol. The topological polar surface area (TPSA) is 137 Å². The highest BCUT2D eigenvalue weighted by atomic mass is 79.9. The van der Waals surface area contributed by atoms with E-state index in [1.807, 2.05) is 161 Å². The molecule has 13 heteroatoms. The predicted octanol–water partition coefficient (Wildman–Crippen LogP) is 13.3. The summed E-state index contributed by atoms with van der Waals surface area (Å²) in [5, 5.41) is 0. The van der Waals surface area contributed by atoms with Crippen molar-refractivity contribution in [2.75, 3.05) is 11.5 Å². The molecule has 0 unspecified atom stereocenters. The van der Waals surface area contributed by atoms with Gasteiger partial charge < -0.3 is 35.0 Å². The fraction of sp³-hybridized carbons (Fsp3) is 0.250. The fourth-order valence-electron chi connectivity index (χ4n) is 8.56. The van der Waals surface area contributed by atoms with Crippen molar-refractivity contribution >= 4 is 55.8 Å². The number of benzene rings is 5. The molecule has 0 bridgehead atoms. The minimum absolute atomic E-state index is 0.355. The minimum Gasteiger partial charge on any atom is -0.473 e. The van der Waals surface area contributed by atoms with Crippen LogP contribution in [0.15, 0.2) is 179 Å². The fourth-order valence-corrected chi connectivity index (χ4v) is 9.24. The van der Waals surface area contributed by atoms with Crippen LogP contribution in [0.1, 0.15) is 79.5 Å². The van der Waals surface area contributed by atoms with Gasteiger partial charge in [-0.2, -0.15) is 0 Å². The zero-order valence-electron chi connectivity index (χ0n) is 41.9. The third-order valence-electron chi connectivity index (χ3n) is 13.3. The number of aryl methyl sites for hydroxylation is 2. The van der Waals surface area contributed by atoms with Crippen molar-refractivity contribution in [3.05, 3.63) is 218 Å². The second kappa shape index (κ2) is 24.9. The van der Waals surface area contributed by atoms with Crippen LogP contribution in [0, 0.1) is 0 Å². The molecular formula is C60H62BBr2N5O5. The summed E-state index contributed by atoms with van der Waals surface area (Å²) in [5.41, 5.74) is 25.4. The van der Waals surface area contributed by atoms with Crippen molar-refractivity contribution < 1.29 is 23.5 Å². The molecule has 3 aliphatic rings. The van der Waals surface area contributed by atoms with Crippen molar-refractivity contribution in [2.45, 2.75) is 97.2 Å². The van der Waals surface area contributed by atoms with Crippen molar-refractivity contribution in [1.29, 1.82) is 0 Å². The second-order valence-corrected chi connectivity index (χ2v) is 20.8. The van der Waals surface area contributed by atoms with Gasteiger partial charge in [0.05, 0.1) is 11.2 Å². The average molecular weight is 1100 g/mol. The summed E-state index contributed by atoms with van der Waals surface area (Å²) >= 11 is 6.79. The van der Waals surface area contributed by atoms with Gasteiger partial charge in [0.1, 0.15) is 19.8 Å². The van der Waals surface area contributed by atoms with E-state index in [1.54, 1.807) is 18.6 Å². The van der Waals surface area contributed by atoms with Crippen molar-refractivity contribution in [2.24, 2.45) is 0 Å². The summed E-state index contributed by atoms with van der Waals surface area (Å²) in [6.45, 7) is 9.71. The van der Waals surface area contributed by atoms with Gasteiger partial charge in [0.15, 0.2) is 0 Å². The molecule has 73 heavy (non-hydrogen) atoms. The number of aromatic nitrogens is 3. The van der Waals surface area contributed by atoms with Gasteiger partial charge in [-0.1, -0.05) is 125 Å². The van der Waals surface area contributed by atoms with Crippen LogP contribution < -0.4 is 31.1 Å². The SMILES string of the molecule is Brc1ccnc(OCc2ccccc2)c1.CC1(C)OB(c2ccnc(OCc3ccccc3)c2)OC1(C)C.Nc1c(-c2ccnc(OCc3ccccc3)c2)ccc2c1CCC2.Nc1c(Br)ccc2c1CCC2. The van der Waals surface area contributed by atoms with Crippen LogP contribution in [0.4, 0.5) is 11.4 Å². The first kappa shape index (κ1) is 52.8. The quantitative estimate of drug-likeness (QED) is 0.0951. The maximum atomic E-state index is 6.42. The molecule has 0 spiro atoms. The third kappa shape index (κ3) is 14.4. The number of ether oxygens (including phenoxy) is 3. The Morgan fingerprint density at radius 3 is 1.48 bits per heavy atom. The average Bonchev–Trinajstić information content (AvgIpc) is 4.16. The van der Waals surface area contributed by atoms with E-state index in [0.717, 1.165) is 72.9 Å². The Labute approximate surface area is 447 Å². The molecule has 0 saturated carbocycles. The number of fused-ring (bicyclic) bond motifs is 2. The van der Waals surface area contributed by atoms with E-state index in [2.05, 4.69) is 65.0 Å². The van der Waals surface area contributed by atoms with Crippen LogP contribution >= 0.6 is 31.9 Å². The summed E-state index contributed by atoms with van der Waals surface area (Å²) in [6, 6.07) is 50.1. The Kier molecular flexibility index (Phi) is 18.0. The molecule has 2 aliphatic carbocycles. The first-order valence-corrected chi connectivity index (χ1v) is 26.3. The Balaban J connectivity index is 0.000000135. The number of pyridine rings is 3. The lowest BCUT2D eigenvalue weighted by Gasteiger charge is -2.32. The Hall–Kier alpha value is -6.51. The summed E-state index contributed by atoms with van der Waals surface area (Å²) in [4.78, 5) is 12.7. The predicted molar refractivity (Wildman–Crippen MR) is 301 cm³/mol. The lowest BCUT2D eigenvalue weighted by Crippen LogP contribution is -2.41. The Morgan fingerprint density at radius 2 is 0.959 bits per heavy atom. The van der Waals surface area contributed by atoms with Crippen molar-refractivity contribution in [3.8, 4) is 28.8 Å². The van der Waals surface area contributed by atoms with E-state index < -0.39 is 7.12 Å². The number of nitrogen functional groups attached to an aromatic ring is 2. The molecule has 4 heterocycles. The molecule has 1 saturated heterocycles. The van der Waals surface area contributed by atoms with Crippen LogP contribution in [0.3, 0.4) is 0 Å². The minimum atomic E-state index is -0.401. The van der Waals surface area contributed by atoms with Crippen LogP contribution in [-0.2, 0) is 54.8 Å². The van der Waals surface area contributed by atoms with Crippen LogP contribution in [0.5, 0.6) is 17.6 Å². The van der Waals surface area contributed by atoms with Gasteiger partial charge in [-0.3, -0.25) is 0 Å². The first-order valence-electron chi connectivity index (χ1n) is 24.7. The first-order chi connectivity index (χ1) is 35.3. The number of rotatable bonds is 11. The number of hydrogen-bond donors (Lipinski definition) is 2. The van der Waals surface area contributed by atoms with Gasteiger partial charge in [-0.05, 0) is 156 Å². The molecule has 3 aromatic heterocycles. The Bertz CT molecular complexity index is 3040. The van der Waals surface area contributed by atoms with Gasteiger partial charge in [-0.25, -0.2) is 15.0 Å². The van der Waals surface area contributed by atoms with Gasteiger partial charge in [0.25, 0.3) is 0 Å². The number of hydrogen-bond acceptors (Lipinski definition) is 10. The van der Waals surface area contributed by atoms with Crippen LogP contribution in [0.2, 0.25) is 0 Å². The zero-order chi connectivity index (χ0) is 51.2. The molecule has 0 amide bonds. The maximum Gasteiger partial charge on any atom is 0.495 e. The van der Waals surface area contributed by atoms with Crippen LogP contribution in [0.25, 0.3) is 11.1 Å². The van der Waals surface area contributed by atoms with E-state index >= 15 is 0 Å². The summed E-state index contributed by atoms with van der Waals surface area (Å²) in [7, 11) is -0.401. The molecule has 11 rings (SSSR count). The van der Waals surface area contributed by atoms with Crippen molar-refractivity contribution in [1.82, 2.24) is 15.0 Å². The summed E-state index contributed by atoms with van der Waals surface area (Å²) < 4.78 is 31.3. The zero-order valence-corrected chi connectivity index (χ0v) is 45.1. The van der Waals surface area contributed by atoms with E-state index in [9.17, 15) is 0 Å². The van der Waals surface area contributed by atoms with Crippen LogP contribution in [-0.4, -0.2) is 33.3 Å². The molecule has 4 N–H and O–H groups in total. The molecule has 1 fully saturated rings. The van der Waals surface area contributed by atoms with E-state index in [0.29, 0.717) is 37.5 Å². The van der Waals surface area contributed by atoms with Gasteiger partial charge in [0.2, 0.25) is 17.6 Å². The lowest BCUT2D eigenvalue weighted by atomic mass is 9.80. The normalized spacial score (nSPS) is 14.5. The molecule has 0 atom stereocenters. The number of anilines is 2. The highest BCUT2D eigenvalue weighted by molar-refractivity contribution is 9.10. The highest BCUT2D eigenvalue weighted by Gasteiger charge is 2.51. The monoisotopic (exact) mass is 1100 g/mol. The largest absolute Gasteiger partial charge is 0.495 e. The molecule has 10 nitrogen and oxygen atoms in total. The number of halogens is 2. The van der Waals surface area contributed by atoms with E-state index in [-0.39, 0.29) is 11.2 Å².